The van der Waals surface area contributed by atoms with Crippen LogP contribution in [0.25, 0.3) is 0 Å². The first-order valence-electron chi connectivity index (χ1n) is 5.64. The van der Waals surface area contributed by atoms with Crippen molar-refractivity contribution in [1.29, 1.82) is 0 Å². The minimum absolute atomic E-state index is 0.0120. The van der Waals surface area contributed by atoms with Gasteiger partial charge in [0, 0.05) is 6.61 Å². The van der Waals surface area contributed by atoms with E-state index in [1.807, 2.05) is 0 Å². The second-order valence-electron chi connectivity index (χ2n) is 4.01. The van der Waals surface area contributed by atoms with Crippen LogP contribution in [-0.2, 0) is 4.74 Å². The minimum Gasteiger partial charge on any atom is -0.478 e. The summed E-state index contributed by atoms with van der Waals surface area (Å²) in [5.74, 6) is -1.07. The summed E-state index contributed by atoms with van der Waals surface area (Å²) in [6.45, 7) is 1.13. The van der Waals surface area contributed by atoms with E-state index in [-0.39, 0.29) is 17.3 Å². The zero-order chi connectivity index (χ0) is 13.0. The minimum atomic E-state index is -1.07. The second-order valence-corrected chi connectivity index (χ2v) is 4.01. The van der Waals surface area contributed by atoms with Crippen LogP contribution in [0.5, 0.6) is 0 Å². The van der Waals surface area contributed by atoms with Crippen LogP contribution >= 0.6 is 0 Å². The zero-order valence-electron chi connectivity index (χ0n) is 9.68. The maximum atomic E-state index is 11.7. The van der Waals surface area contributed by atoms with Gasteiger partial charge < -0.3 is 20.5 Å². The summed E-state index contributed by atoms with van der Waals surface area (Å²) in [7, 11) is 0. The van der Waals surface area contributed by atoms with Gasteiger partial charge in [-0.25, -0.2) is 9.59 Å². The first kappa shape index (κ1) is 12.4. The van der Waals surface area contributed by atoms with Crippen LogP contribution in [0, 0.1) is 0 Å². The number of hydrogen-bond acceptors (Lipinski definition) is 3. The quantitative estimate of drug-likeness (QED) is 0.754. The third-order valence-corrected chi connectivity index (χ3v) is 2.67. The van der Waals surface area contributed by atoms with E-state index in [2.05, 4.69) is 10.6 Å². The number of para-hydroxylation sites is 1. The number of benzene rings is 1. The number of anilines is 1. The number of carbonyl (C=O) groups is 2. The van der Waals surface area contributed by atoms with Crippen LogP contribution in [0.3, 0.4) is 0 Å². The smallest absolute Gasteiger partial charge is 0.337 e. The number of carbonyl (C=O) groups excluding carboxylic acids is 1. The van der Waals surface area contributed by atoms with Crippen molar-refractivity contribution in [1.82, 2.24) is 5.32 Å². The van der Waals surface area contributed by atoms with Gasteiger partial charge in [-0.15, -0.1) is 0 Å². The number of aromatic carboxylic acids is 1. The standard InChI is InChI=1S/C12H14N2O4/c15-11(16)9-3-1-2-4-10(9)14-12(17)13-8-5-6-18-7-8/h1-4,8H,5-7H2,(H,15,16)(H2,13,14,17). The first-order chi connectivity index (χ1) is 8.66. The maximum absolute atomic E-state index is 11.7. The lowest BCUT2D eigenvalue weighted by Crippen LogP contribution is -2.38. The van der Waals surface area contributed by atoms with Gasteiger partial charge in [-0.2, -0.15) is 0 Å². The number of ether oxygens (including phenoxy) is 1. The number of urea groups is 1. The largest absolute Gasteiger partial charge is 0.478 e. The maximum Gasteiger partial charge on any atom is 0.337 e. The molecule has 1 atom stereocenters. The van der Waals surface area contributed by atoms with Gasteiger partial charge in [0.2, 0.25) is 0 Å². The summed E-state index contributed by atoms with van der Waals surface area (Å²) < 4.78 is 5.13. The molecule has 3 N–H and O–H groups in total. The molecule has 0 bridgehead atoms. The van der Waals surface area contributed by atoms with Crippen molar-refractivity contribution in [2.45, 2.75) is 12.5 Å². The number of carboxylic acid groups (broad SMARTS) is 1. The highest BCUT2D eigenvalue weighted by Gasteiger charge is 2.18. The van der Waals surface area contributed by atoms with Crippen LogP contribution in [0.4, 0.5) is 10.5 Å². The predicted molar refractivity (Wildman–Crippen MR) is 64.8 cm³/mol. The van der Waals surface area contributed by atoms with Crippen LogP contribution < -0.4 is 10.6 Å². The Bertz CT molecular complexity index is 455. The van der Waals surface area contributed by atoms with Gasteiger partial charge in [0.15, 0.2) is 0 Å². The Balaban J connectivity index is 2.00. The molecule has 1 aromatic rings. The molecule has 2 amide bonds. The highest BCUT2D eigenvalue weighted by atomic mass is 16.5. The molecule has 96 valence electrons. The molecule has 0 aromatic heterocycles. The summed E-state index contributed by atoms with van der Waals surface area (Å²) in [5.41, 5.74) is 0.344. The van der Waals surface area contributed by atoms with E-state index in [0.717, 1.165) is 6.42 Å². The fourth-order valence-corrected chi connectivity index (χ4v) is 1.77. The first-order valence-corrected chi connectivity index (χ1v) is 5.64. The second kappa shape index (κ2) is 5.50. The fourth-order valence-electron chi connectivity index (χ4n) is 1.77. The summed E-state index contributed by atoms with van der Waals surface area (Å²) in [6.07, 6.45) is 0.772. The monoisotopic (exact) mass is 250 g/mol. The van der Waals surface area contributed by atoms with Gasteiger partial charge in [-0.05, 0) is 18.6 Å². The molecule has 1 saturated heterocycles. The lowest BCUT2D eigenvalue weighted by molar-refractivity contribution is 0.0698. The average Bonchev–Trinajstić information content (AvgIpc) is 2.82. The van der Waals surface area contributed by atoms with Crippen LogP contribution in [0.15, 0.2) is 24.3 Å². The van der Waals surface area contributed by atoms with Gasteiger partial charge in [-0.3, -0.25) is 0 Å². The Morgan fingerprint density at radius 3 is 2.78 bits per heavy atom. The van der Waals surface area contributed by atoms with Crippen molar-refractivity contribution in [2.24, 2.45) is 0 Å². The number of rotatable bonds is 3. The molecule has 1 aromatic carbocycles. The molecule has 1 aliphatic rings. The van der Waals surface area contributed by atoms with Gasteiger partial charge >= 0.3 is 12.0 Å². The molecule has 2 rings (SSSR count). The Hall–Kier alpha value is -2.08. The van der Waals surface area contributed by atoms with Crippen LogP contribution in [0.1, 0.15) is 16.8 Å². The lowest BCUT2D eigenvalue weighted by Gasteiger charge is -2.13. The molecule has 0 radical (unpaired) electrons. The number of hydrogen-bond donors (Lipinski definition) is 3. The van der Waals surface area contributed by atoms with Crippen molar-refractivity contribution in [3.8, 4) is 0 Å². The third kappa shape index (κ3) is 2.98. The molecule has 0 spiro atoms. The lowest BCUT2D eigenvalue weighted by atomic mass is 10.2. The van der Waals surface area contributed by atoms with Crippen molar-refractivity contribution < 1.29 is 19.4 Å². The van der Waals surface area contributed by atoms with Crippen LogP contribution in [-0.4, -0.2) is 36.4 Å². The van der Waals surface area contributed by atoms with E-state index in [1.54, 1.807) is 18.2 Å². The molecule has 0 aliphatic carbocycles. The molecule has 18 heavy (non-hydrogen) atoms. The topological polar surface area (TPSA) is 87.7 Å². The Kier molecular flexibility index (Phi) is 3.78. The van der Waals surface area contributed by atoms with Gasteiger partial charge in [0.1, 0.15) is 0 Å². The van der Waals surface area contributed by atoms with Gasteiger partial charge in [-0.1, -0.05) is 12.1 Å². The molecule has 1 heterocycles. The number of amides is 2. The SMILES string of the molecule is O=C(Nc1ccccc1C(=O)O)NC1CCOC1. The van der Waals surface area contributed by atoms with E-state index in [9.17, 15) is 9.59 Å². The molecule has 0 saturated carbocycles. The Morgan fingerprint density at radius 1 is 1.33 bits per heavy atom. The molecule has 6 nitrogen and oxygen atoms in total. The molecule has 6 heteroatoms. The summed E-state index contributed by atoms with van der Waals surface area (Å²) in [6, 6.07) is 5.84. The number of carboxylic acids is 1. The molecule has 1 fully saturated rings. The molecule has 1 aliphatic heterocycles. The van der Waals surface area contributed by atoms with E-state index in [4.69, 9.17) is 9.84 Å². The zero-order valence-corrected chi connectivity index (χ0v) is 9.68. The normalized spacial score (nSPS) is 18.3. The van der Waals surface area contributed by atoms with Crippen molar-refractivity contribution in [3.63, 3.8) is 0 Å². The average molecular weight is 250 g/mol. The Labute approximate surface area is 104 Å². The summed E-state index contributed by atoms with van der Waals surface area (Å²) in [5, 5.41) is 14.2. The highest BCUT2D eigenvalue weighted by molar-refractivity contribution is 6.00. The van der Waals surface area contributed by atoms with Gasteiger partial charge in [0.05, 0.1) is 23.9 Å². The van der Waals surface area contributed by atoms with E-state index in [0.29, 0.717) is 13.2 Å². The summed E-state index contributed by atoms with van der Waals surface area (Å²) in [4.78, 5) is 22.6. The highest BCUT2D eigenvalue weighted by Crippen LogP contribution is 2.14. The summed E-state index contributed by atoms with van der Waals surface area (Å²) >= 11 is 0. The third-order valence-electron chi connectivity index (χ3n) is 2.67. The van der Waals surface area contributed by atoms with E-state index < -0.39 is 12.0 Å². The van der Waals surface area contributed by atoms with Crippen molar-refractivity contribution in [2.75, 3.05) is 18.5 Å². The fraction of sp³-hybridized carbons (Fsp3) is 0.333. The Morgan fingerprint density at radius 2 is 2.11 bits per heavy atom. The molecule has 1 unspecified atom stereocenters. The van der Waals surface area contributed by atoms with Gasteiger partial charge in [0.25, 0.3) is 0 Å². The van der Waals surface area contributed by atoms with Crippen molar-refractivity contribution in [3.05, 3.63) is 29.8 Å². The van der Waals surface area contributed by atoms with Crippen molar-refractivity contribution >= 4 is 17.7 Å². The molecular weight excluding hydrogens is 236 g/mol. The predicted octanol–water partition coefficient (Wildman–Crippen LogP) is 1.30. The number of nitrogens with one attached hydrogen (secondary N) is 2. The van der Waals surface area contributed by atoms with Crippen LogP contribution in [0.2, 0.25) is 0 Å². The van der Waals surface area contributed by atoms with E-state index >= 15 is 0 Å². The van der Waals surface area contributed by atoms with E-state index in [1.165, 1.54) is 6.07 Å². The molecular formula is C12H14N2O4.